The molecule has 10 heteroatoms. The maximum atomic E-state index is 12.7. The predicted molar refractivity (Wildman–Crippen MR) is 129 cm³/mol. The summed E-state index contributed by atoms with van der Waals surface area (Å²) < 4.78 is 5.36. The SMILES string of the molecule is CN=C(NCc1cccc(-c2ncn[nH]2)c1)N1CCC(C(=O)N2CCOCC2)CC1.I. The molecule has 2 aliphatic heterocycles. The quantitative estimate of drug-likeness (QED) is 0.349. The van der Waals surface area contributed by atoms with Gasteiger partial charge >= 0.3 is 0 Å². The number of nitrogens with zero attached hydrogens (tertiary/aromatic N) is 5. The van der Waals surface area contributed by atoms with Crippen LogP contribution in [0.1, 0.15) is 18.4 Å². The zero-order valence-corrected chi connectivity index (χ0v) is 20.1. The molecule has 3 heterocycles. The first-order chi connectivity index (χ1) is 14.7. The number of nitrogens with one attached hydrogen (secondary N) is 2. The number of aromatic amines is 1. The Labute approximate surface area is 199 Å². The van der Waals surface area contributed by atoms with Crippen LogP contribution in [0.15, 0.2) is 35.6 Å². The predicted octanol–water partition coefficient (Wildman–Crippen LogP) is 1.74. The molecule has 31 heavy (non-hydrogen) atoms. The molecule has 2 fully saturated rings. The number of piperidine rings is 1. The van der Waals surface area contributed by atoms with Crippen molar-refractivity contribution in [3.63, 3.8) is 0 Å². The van der Waals surface area contributed by atoms with Crippen molar-refractivity contribution >= 4 is 35.8 Å². The number of rotatable bonds is 4. The van der Waals surface area contributed by atoms with Crippen molar-refractivity contribution in [1.82, 2.24) is 30.3 Å². The number of likely N-dealkylation sites (tertiary alicyclic amines) is 1. The van der Waals surface area contributed by atoms with E-state index in [-0.39, 0.29) is 35.8 Å². The fourth-order valence-corrected chi connectivity index (χ4v) is 4.07. The van der Waals surface area contributed by atoms with Crippen LogP contribution < -0.4 is 5.32 Å². The number of benzene rings is 1. The van der Waals surface area contributed by atoms with Crippen molar-refractivity contribution in [2.24, 2.45) is 10.9 Å². The number of hydrogen-bond acceptors (Lipinski definition) is 5. The van der Waals surface area contributed by atoms with Crippen LogP contribution in [-0.4, -0.2) is 83.3 Å². The lowest BCUT2D eigenvalue weighted by molar-refractivity contribution is -0.140. The topological polar surface area (TPSA) is 98.7 Å². The minimum Gasteiger partial charge on any atom is -0.378 e. The average Bonchev–Trinajstić information content (AvgIpc) is 3.35. The molecule has 2 aromatic rings. The molecule has 0 saturated carbocycles. The number of amides is 1. The number of ether oxygens (including phenoxy) is 1. The van der Waals surface area contributed by atoms with Crippen molar-refractivity contribution in [3.05, 3.63) is 36.2 Å². The van der Waals surface area contributed by atoms with Gasteiger partial charge in [-0.15, -0.1) is 24.0 Å². The molecule has 9 nitrogen and oxygen atoms in total. The van der Waals surface area contributed by atoms with Crippen LogP contribution >= 0.6 is 24.0 Å². The molecule has 0 bridgehead atoms. The molecule has 0 radical (unpaired) electrons. The smallest absolute Gasteiger partial charge is 0.225 e. The van der Waals surface area contributed by atoms with E-state index >= 15 is 0 Å². The average molecular weight is 539 g/mol. The molecule has 2 saturated heterocycles. The van der Waals surface area contributed by atoms with Gasteiger partial charge in [-0.05, 0) is 24.5 Å². The van der Waals surface area contributed by atoms with Crippen molar-refractivity contribution < 1.29 is 9.53 Å². The van der Waals surface area contributed by atoms with Crippen molar-refractivity contribution in [3.8, 4) is 11.4 Å². The summed E-state index contributed by atoms with van der Waals surface area (Å²) in [5.41, 5.74) is 2.15. The summed E-state index contributed by atoms with van der Waals surface area (Å²) in [6.07, 6.45) is 3.23. The van der Waals surface area contributed by atoms with Crippen molar-refractivity contribution in [2.75, 3.05) is 46.4 Å². The van der Waals surface area contributed by atoms with Crippen LogP contribution in [0.2, 0.25) is 0 Å². The fourth-order valence-electron chi connectivity index (χ4n) is 4.07. The third-order valence-electron chi connectivity index (χ3n) is 5.74. The highest BCUT2D eigenvalue weighted by Gasteiger charge is 2.30. The molecular weight excluding hydrogens is 509 g/mol. The van der Waals surface area contributed by atoms with Crippen molar-refractivity contribution in [1.29, 1.82) is 0 Å². The summed E-state index contributed by atoms with van der Waals surface area (Å²) in [5.74, 6) is 2.02. The van der Waals surface area contributed by atoms with Gasteiger partial charge in [-0.25, -0.2) is 4.98 Å². The molecule has 0 spiro atoms. The Kier molecular flexibility index (Phi) is 8.64. The van der Waals surface area contributed by atoms with Crippen LogP contribution in [0, 0.1) is 5.92 Å². The second kappa shape index (κ2) is 11.4. The van der Waals surface area contributed by atoms with Gasteiger partial charge in [0.15, 0.2) is 11.8 Å². The summed E-state index contributed by atoms with van der Waals surface area (Å²) in [6, 6.07) is 8.19. The third kappa shape index (κ3) is 5.94. The Balaban J connectivity index is 0.00000272. The molecule has 0 atom stereocenters. The van der Waals surface area contributed by atoms with E-state index in [2.05, 4.69) is 42.5 Å². The van der Waals surface area contributed by atoms with E-state index in [0.29, 0.717) is 19.8 Å². The standard InChI is InChI=1S/C21H29N7O2.HI/c1-22-21(23-14-16-3-2-4-18(13-16)19-24-15-25-26-19)28-7-5-17(6-8-28)20(29)27-9-11-30-12-10-27;/h2-4,13,15,17H,5-12,14H2,1H3,(H,22,23)(H,24,25,26);1H. The molecular formula is C21H30IN7O2. The number of morpholine rings is 1. The third-order valence-corrected chi connectivity index (χ3v) is 5.74. The second-order valence-electron chi connectivity index (χ2n) is 7.63. The van der Waals surface area contributed by atoms with Gasteiger partial charge in [-0.1, -0.05) is 18.2 Å². The van der Waals surface area contributed by atoms with Gasteiger partial charge in [-0.2, -0.15) is 5.10 Å². The number of carbonyl (C=O) groups is 1. The van der Waals surface area contributed by atoms with Crippen molar-refractivity contribution in [2.45, 2.75) is 19.4 Å². The molecule has 1 aromatic heterocycles. The lowest BCUT2D eigenvalue weighted by atomic mass is 9.95. The maximum Gasteiger partial charge on any atom is 0.225 e. The van der Waals surface area contributed by atoms with Gasteiger partial charge in [0, 0.05) is 51.3 Å². The molecule has 2 N–H and O–H groups in total. The van der Waals surface area contributed by atoms with E-state index in [1.54, 1.807) is 7.05 Å². The molecule has 2 aliphatic rings. The number of guanidine groups is 1. The molecule has 168 valence electrons. The summed E-state index contributed by atoms with van der Waals surface area (Å²) in [6.45, 7) is 5.07. The molecule has 0 aliphatic carbocycles. The Morgan fingerprint density at radius 3 is 2.68 bits per heavy atom. The van der Waals surface area contributed by atoms with Crippen LogP contribution in [0.5, 0.6) is 0 Å². The van der Waals surface area contributed by atoms with Crippen LogP contribution in [0.3, 0.4) is 0 Å². The molecule has 0 unspecified atom stereocenters. The van der Waals surface area contributed by atoms with E-state index in [4.69, 9.17) is 4.74 Å². The number of aliphatic imine (C=N–C) groups is 1. The van der Waals surface area contributed by atoms with E-state index in [1.807, 2.05) is 17.0 Å². The minimum atomic E-state index is 0. The number of aromatic nitrogens is 3. The highest BCUT2D eigenvalue weighted by Crippen LogP contribution is 2.21. The van der Waals surface area contributed by atoms with E-state index in [1.165, 1.54) is 6.33 Å². The first-order valence-corrected chi connectivity index (χ1v) is 10.5. The Bertz CT molecular complexity index is 860. The Morgan fingerprint density at radius 2 is 2.00 bits per heavy atom. The fraction of sp³-hybridized carbons (Fsp3) is 0.524. The minimum absolute atomic E-state index is 0. The highest BCUT2D eigenvalue weighted by molar-refractivity contribution is 14.0. The van der Waals surface area contributed by atoms with Gasteiger partial charge < -0.3 is 19.9 Å². The first-order valence-electron chi connectivity index (χ1n) is 10.5. The Hall–Kier alpha value is -2.21. The number of carbonyl (C=O) groups excluding carboxylic acids is 1. The first kappa shape index (κ1) is 23.5. The summed E-state index contributed by atoms with van der Waals surface area (Å²) in [4.78, 5) is 25.6. The van der Waals surface area contributed by atoms with Gasteiger partial charge in [0.2, 0.25) is 5.91 Å². The number of H-pyrrole nitrogens is 1. The molecule has 4 rings (SSSR count). The monoisotopic (exact) mass is 539 g/mol. The largest absolute Gasteiger partial charge is 0.378 e. The maximum absolute atomic E-state index is 12.7. The lowest BCUT2D eigenvalue weighted by Gasteiger charge is -2.36. The van der Waals surface area contributed by atoms with E-state index < -0.39 is 0 Å². The summed E-state index contributed by atoms with van der Waals surface area (Å²) in [7, 11) is 1.80. The number of hydrogen-bond donors (Lipinski definition) is 2. The zero-order valence-electron chi connectivity index (χ0n) is 17.8. The van der Waals surface area contributed by atoms with Gasteiger partial charge in [0.1, 0.15) is 6.33 Å². The number of halogens is 1. The van der Waals surface area contributed by atoms with Crippen LogP contribution in [0.4, 0.5) is 0 Å². The highest BCUT2D eigenvalue weighted by atomic mass is 127. The van der Waals surface area contributed by atoms with Crippen LogP contribution in [-0.2, 0) is 16.1 Å². The second-order valence-corrected chi connectivity index (χ2v) is 7.63. The van der Waals surface area contributed by atoms with E-state index in [9.17, 15) is 4.79 Å². The van der Waals surface area contributed by atoms with Gasteiger partial charge in [-0.3, -0.25) is 14.9 Å². The molecule has 1 aromatic carbocycles. The summed E-state index contributed by atoms with van der Waals surface area (Å²) >= 11 is 0. The Morgan fingerprint density at radius 1 is 1.23 bits per heavy atom. The van der Waals surface area contributed by atoms with Gasteiger partial charge in [0.05, 0.1) is 13.2 Å². The van der Waals surface area contributed by atoms with Gasteiger partial charge in [0.25, 0.3) is 0 Å². The normalized spacial score (nSPS) is 17.9. The molecule has 1 amide bonds. The lowest BCUT2D eigenvalue weighted by Crippen LogP contribution is -2.49. The van der Waals surface area contributed by atoms with E-state index in [0.717, 1.165) is 61.9 Å². The van der Waals surface area contributed by atoms with Crippen LogP contribution in [0.25, 0.3) is 11.4 Å². The summed E-state index contributed by atoms with van der Waals surface area (Å²) in [5, 5.41) is 10.3. The zero-order chi connectivity index (χ0) is 20.8.